The second-order valence-electron chi connectivity index (χ2n) is 5.43. The number of likely N-dealkylation sites (N-methyl/N-ethyl adjacent to an activating group) is 1. The standard InChI is InChI=1S/C13H23N7/c1-9(2)16-11-10-8-15-20(5)12(10)18-13(17-11)14-6-7-19(3)4/h8-9H,6-7H2,1-5H3,(H2,14,16,17,18). The summed E-state index contributed by atoms with van der Waals surface area (Å²) in [7, 11) is 5.97. The van der Waals surface area contributed by atoms with Crippen LogP contribution < -0.4 is 10.6 Å². The SMILES string of the molecule is CC(C)Nc1nc(NCCN(C)C)nc2c1cnn2C. The van der Waals surface area contributed by atoms with Crippen molar-refractivity contribution in [2.45, 2.75) is 19.9 Å². The molecule has 0 aromatic carbocycles. The minimum absolute atomic E-state index is 0.308. The molecule has 0 radical (unpaired) electrons. The number of rotatable bonds is 6. The van der Waals surface area contributed by atoms with E-state index < -0.39 is 0 Å². The molecule has 0 unspecified atom stereocenters. The Morgan fingerprint density at radius 2 is 2.05 bits per heavy atom. The first-order chi connectivity index (χ1) is 9.47. The summed E-state index contributed by atoms with van der Waals surface area (Å²) in [6.45, 7) is 5.91. The Balaban J connectivity index is 2.28. The second kappa shape index (κ2) is 6.04. The Hall–Kier alpha value is -1.89. The van der Waals surface area contributed by atoms with Crippen LogP contribution in [0, 0.1) is 0 Å². The molecule has 7 nitrogen and oxygen atoms in total. The van der Waals surface area contributed by atoms with E-state index in [1.807, 2.05) is 21.1 Å². The van der Waals surface area contributed by atoms with Gasteiger partial charge in [0.15, 0.2) is 5.65 Å². The van der Waals surface area contributed by atoms with E-state index in [9.17, 15) is 0 Å². The van der Waals surface area contributed by atoms with Crippen molar-refractivity contribution in [3.8, 4) is 0 Å². The van der Waals surface area contributed by atoms with Crippen molar-refractivity contribution in [3.63, 3.8) is 0 Å². The topological polar surface area (TPSA) is 70.9 Å². The maximum absolute atomic E-state index is 4.55. The minimum atomic E-state index is 0.308. The van der Waals surface area contributed by atoms with Crippen molar-refractivity contribution >= 4 is 22.8 Å². The molecule has 0 aliphatic heterocycles. The molecule has 0 amide bonds. The van der Waals surface area contributed by atoms with E-state index in [0.717, 1.165) is 29.9 Å². The third-order valence-corrected chi connectivity index (χ3v) is 2.86. The quantitative estimate of drug-likeness (QED) is 0.825. The van der Waals surface area contributed by atoms with E-state index in [-0.39, 0.29) is 0 Å². The Morgan fingerprint density at radius 1 is 1.30 bits per heavy atom. The van der Waals surface area contributed by atoms with Crippen LogP contribution in [0.3, 0.4) is 0 Å². The highest BCUT2D eigenvalue weighted by atomic mass is 15.3. The molecule has 0 atom stereocenters. The molecule has 110 valence electrons. The molecule has 2 heterocycles. The fraction of sp³-hybridized carbons (Fsp3) is 0.615. The summed E-state index contributed by atoms with van der Waals surface area (Å²) in [5.41, 5.74) is 0.829. The first kappa shape index (κ1) is 14.5. The van der Waals surface area contributed by atoms with Crippen molar-refractivity contribution in [2.75, 3.05) is 37.8 Å². The van der Waals surface area contributed by atoms with Crippen LogP contribution >= 0.6 is 0 Å². The van der Waals surface area contributed by atoms with E-state index in [1.165, 1.54) is 0 Å². The third-order valence-electron chi connectivity index (χ3n) is 2.86. The number of hydrogen-bond acceptors (Lipinski definition) is 6. The third kappa shape index (κ3) is 3.36. The van der Waals surface area contributed by atoms with Crippen LogP contribution in [0.1, 0.15) is 13.8 Å². The summed E-state index contributed by atoms with van der Waals surface area (Å²) in [5, 5.41) is 11.8. The summed E-state index contributed by atoms with van der Waals surface area (Å²) < 4.78 is 1.76. The van der Waals surface area contributed by atoms with Gasteiger partial charge in [0, 0.05) is 26.2 Å². The highest BCUT2D eigenvalue weighted by Crippen LogP contribution is 2.21. The molecule has 0 aliphatic carbocycles. The average molecular weight is 277 g/mol. The van der Waals surface area contributed by atoms with E-state index in [2.05, 4.69) is 44.4 Å². The van der Waals surface area contributed by atoms with Crippen LogP contribution in [-0.4, -0.2) is 57.9 Å². The number of hydrogen-bond donors (Lipinski definition) is 2. The predicted molar refractivity (Wildman–Crippen MR) is 82.1 cm³/mol. The lowest BCUT2D eigenvalue weighted by molar-refractivity contribution is 0.425. The highest BCUT2D eigenvalue weighted by Gasteiger charge is 2.12. The molecule has 2 rings (SSSR count). The minimum Gasteiger partial charge on any atom is -0.367 e. The highest BCUT2D eigenvalue weighted by molar-refractivity contribution is 5.87. The first-order valence-corrected chi connectivity index (χ1v) is 6.82. The summed E-state index contributed by atoms with van der Waals surface area (Å²) in [6, 6.07) is 0.308. The largest absolute Gasteiger partial charge is 0.367 e. The molecule has 0 spiro atoms. The molecule has 2 N–H and O–H groups in total. The zero-order chi connectivity index (χ0) is 14.7. The van der Waals surface area contributed by atoms with Crippen LogP contribution in [0.2, 0.25) is 0 Å². The summed E-state index contributed by atoms with van der Waals surface area (Å²) in [5.74, 6) is 1.46. The number of aryl methyl sites for hydroxylation is 1. The molecule has 0 bridgehead atoms. The monoisotopic (exact) mass is 277 g/mol. The fourth-order valence-corrected chi connectivity index (χ4v) is 1.88. The van der Waals surface area contributed by atoms with Crippen molar-refractivity contribution in [2.24, 2.45) is 7.05 Å². The molecular formula is C13H23N7. The molecule has 2 aromatic heterocycles. The molecule has 2 aromatic rings. The van der Waals surface area contributed by atoms with Crippen molar-refractivity contribution in [1.82, 2.24) is 24.6 Å². The lowest BCUT2D eigenvalue weighted by Crippen LogP contribution is -2.22. The van der Waals surface area contributed by atoms with Gasteiger partial charge in [0.1, 0.15) is 5.82 Å². The van der Waals surface area contributed by atoms with Gasteiger partial charge in [0.2, 0.25) is 5.95 Å². The molecule has 20 heavy (non-hydrogen) atoms. The fourth-order valence-electron chi connectivity index (χ4n) is 1.88. The van der Waals surface area contributed by atoms with E-state index in [4.69, 9.17) is 0 Å². The smallest absolute Gasteiger partial charge is 0.226 e. The van der Waals surface area contributed by atoms with Crippen LogP contribution in [0.25, 0.3) is 11.0 Å². The van der Waals surface area contributed by atoms with Crippen LogP contribution in [-0.2, 0) is 7.05 Å². The summed E-state index contributed by atoms with van der Waals surface area (Å²) >= 11 is 0. The van der Waals surface area contributed by atoms with Gasteiger partial charge < -0.3 is 15.5 Å². The van der Waals surface area contributed by atoms with E-state index in [0.29, 0.717) is 12.0 Å². The van der Waals surface area contributed by atoms with Crippen molar-refractivity contribution in [1.29, 1.82) is 0 Å². The van der Waals surface area contributed by atoms with E-state index >= 15 is 0 Å². The van der Waals surface area contributed by atoms with Crippen LogP contribution in [0.15, 0.2) is 6.20 Å². The zero-order valence-electron chi connectivity index (χ0n) is 12.8. The maximum Gasteiger partial charge on any atom is 0.226 e. The number of nitrogens with one attached hydrogen (secondary N) is 2. The predicted octanol–water partition coefficient (Wildman–Crippen LogP) is 1.16. The molecular weight excluding hydrogens is 254 g/mol. The molecule has 0 saturated carbocycles. The van der Waals surface area contributed by atoms with Gasteiger partial charge in [-0.05, 0) is 27.9 Å². The summed E-state index contributed by atoms with van der Waals surface area (Å²) in [6.07, 6.45) is 1.80. The lowest BCUT2D eigenvalue weighted by atomic mass is 10.3. The van der Waals surface area contributed by atoms with Crippen molar-refractivity contribution in [3.05, 3.63) is 6.20 Å². The second-order valence-corrected chi connectivity index (χ2v) is 5.43. The molecule has 0 saturated heterocycles. The Morgan fingerprint density at radius 3 is 2.70 bits per heavy atom. The average Bonchev–Trinajstić information content (AvgIpc) is 2.70. The van der Waals surface area contributed by atoms with Gasteiger partial charge in [0.25, 0.3) is 0 Å². The molecule has 0 aliphatic rings. The zero-order valence-corrected chi connectivity index (χ0v) is 12.8. The van der Waals surface area contributed by atoms with Gasteiger partial charge in [-0.15, -0.1) is 0 Å². The first-order valence-electron chi connectivity index (χ1n) is 6.82. The Kier molecular flexibility index (Phi) is 4.39. The lowest BCUT2D eigenvalue weighted by Gasteiger charge is -2.13. The summed E-state index contributed by atoms with van der Waals surface area (Å²) in [4.78, 5) is 11.2. The van der Waals surface area contributed by atoms with Gasteiger partial charge in [-0.1, -0.05) is 0 Å². The van der Waals surface area contributed by atoms with Crippen molar-refractivity contribution < 1.29 is 0 Å². The Bertz CT molecular complexity index is 573. The maximum atomic E-state index is 4.55. The van der Waals surface area contributed by atoms with Crippen LogP contribution in [0.4, 0.5) is 11.8 Å². The molecule has 7 heteroatoms. The Labute approximate surface area is 119 Å². The number of aromatic nitrogens is 4. The normalized spacial score (nSPS) is 11.6. The number of anilines is 2. The van der Waals surface area contributed by atoms with Gasteiger partial charge in [-0.25, -0.2) is 0 Å². The van der Waals surface area contributed by atoms with Gasteiger partial charge >= 0.3 is 0 Å². The molecule has 0 fully saturated rings. The van der Waals surface area contributed by atoms with Gasteiger partial charge in [-0.3, -0.25) is 4.68 Å². The number of nitrogens with zero attached hydrogens (tertiary/aromatic N) is 5. The van der Waals surface area contributed by atoms with Gasteiger partial charge in [-0.2, -0.15) is 15.1 Å². The number of fused-ring (bicyclic) bond motifs is 1. The van der Waals surface area contributed by atoms with E-state index in [1.54, 1.807) is 10.9 Å². The van der Waals surface area contributed by atoms with Crippen LogP contribution in [0.5, 0.6) is 0 Å². The van der Waals surface area contributed by atoms with Gasteiger partial charge in [0.05, 0.1) is 11.6 Å².